The van der Waals surface area contributed by atoms with E-state index in [4.69, 9.17) is 16.3 Å². The van der Waals surface area contributed by atoms with E-state index in [1.165, 1.54) is 0 Å². The third-order valence-corrected chi connectivity index (χ3v) is 3.08. The van der Waals surface area contributed by atoms with E-state index in [0.29, 0.717) is 11.3 Å². The monoisotopic (exact) mass is 238 g/mol. The fraction of sp³-hybridized carbons (Fsp3) is 0.400. The number of hydrogen-bond donors (Lipinski definition) is 1. The van der Waals surface area contributed by atoms with Gasteiger partial charge in [-0.1, -0.05) is 11.6 Å². The molecule has 0 unspecified atom stereocenters. The minimum atomic E-state index is 0.312. The van der Waals surface area contributed by atoms with Gasteiger partial charge < -0.3 is 9.64 Å². The minimum Gasteiger partial charge on any atom is -0.378 e. The molecule has 6 heteroatoms. The van der Waals surface area contributed by atoms with Crippen molar-refractivity contribution in [2.24, 2.45) is 0 Å². The highest BCUT2D eigenvalue weighted by Crippen LogP contribution is 2.28. The molecule has 1 aliphatic rings. The van der Waals surface area contributed by atoms with Crippen molar-refractivity contribution >= 4 is 28.3 Å². The molecule has 3 heterocycles. The Hall–Kier alpha value is -1.33. The second-order valence-corrected chi connectivity index (χ2v) is 4.25. The number of nitrogens with zero attached hydrogens (tertiary/aromatic N) is 3. The van der Waals surface area contributed by atoms with E-state index in [-0.39, 0.29) is 0 Å². The zero-order chi connectivity index (χ0) is 11.1. The molecule has 0 saturated carbocycles. The molecule has 0 radical (unpaired) electrons. The fourth-order valence-electron chi connectivity index (χ4n) is 1.88. The molecule has 0 bridgehead atoms. The molecule has 2 aromatic heterocycles. The Bertz CT molecular complexity index is 521. The molecule has 16 heavy (non-hydrogen) atoms. The third-order valence-electron chi connectivity index (χ3n) is 2.87. The number of aromatic nitrogens is 3. The van der Waals surface area contributed by atoms with Gasteiger partial charge in [0.05, 0.1) is 17.0 Å². The molecule has 0 aromatic carbocycles. The number of rotatable bonds is 2. The molecule has 1 aliphatic heterocycles. The van der Waals surface area contributed by atoms with Gasteiger partial charge in [0.25, 0.3) is 0 Å². The van der Waals surface area contributed by atoms with Crippen molar-refractivity contribution in [3.05, 3.63) is 17.4 Å². The van der Waals surface area contributed by atoms with Crippen molar-refractivity contribution in [1.29, 1.82) is 0 Å². The lowest BCUT2D eigenvalue weighted by atomic mass is 10.1. The van der Waals surface area contributed by atoms with Gasteiger partial charge in [-0.3, -0.25) is 5.10 Å². The molecule has 0 aliphatic carbocycles. The maximum atomic E-state index is 5.81. The predicted molar refractivity (Wildman–Crippen MR) is 61.9 cm³/mol. The first-order valence-electron chi connectivity index (χ1n) is 5.05. The highest BCUT2D eigenvalue weighted by molar-refractivity contribution is 6.30. The summed E-state index contributed by atoms with van der Waals surface area (Å²) in [5.74, 6) is 0.924. The average molecular weight is 239 g/mol. The van der Waals surface area contributed by atoms with Crippen LogP contribution in [-0.2, 0) is 4.74 Å². The molecule has 1 saturated heterocycles. The first kappa shape index (κ1) is 9.86. The van der Waals surface area contributed by atoms with Crippen LogP contribution in [0.3, 0.4) is 0 Å². The van der Waals surface area contributed by atoms with Crippen LogP contribution in [0, 0.1) is 0 Å². The number of aromatic amines is 1. The minimum absolute atomic E-state index is 0.312. The van der Waals surface area contributed by atoms with Gasteiger partial charge in [-0.25, -0.2) is 4.98 Å². The number of halogens is 1. The van der Waals surface area contributed by atoms with Gasteiger partial charge in [-0.15, -0.1) is 0 Å². The summed E-state index contributed by atoms with van der Waals surface area (Å²) in [6.45, 7) is 1.75. The topological polar surface area (TPSA) is 54.0 Å². The SMILES string of the molecule is COC1CN(c2n[nH]c3cc(Cl)ncc23)C1. The summed E-state index contributed by atoms with van der Waals surface area (Å²) in [5.41, 5.74) is 0.913. The lowest BCUT2D eigenvalue weighted by molar-refractivity contribution is 0.0784. The summed E-state index contributed by atoms with van der Waals surface area (Å²) in [7, 11) is 1.73. The Morgan fingerprint density at radius 2 is 2.38 bits per heavy atom. The fourth-order valence-corrected chi connectivity index (χ4v) is 2.03. The molecule has 5 nitrogen and oxygen atoms in total. The van der Waals surface area contributed by atoms with Crippen molar-refractivity contribution in [3.8, 4) is 0 Å². The number of pyridine rings is 1. The molecule has 1 fully saturated rings. The van der Waals surface area contributed by atoms with Crippen LogP contribution in [0.4, 0.5) is 5.82 Å². The van der Waals surface area contributed by atoms with Crippen LogP contribution in [0.25, 0.3) is 10.9 Å². The van der Waals surface area contributed by atoms with Gasteiger partial charge in [-0.2, -0.15) is 5.10 Å². The lowest BCUT2D eigenvalue weighted by Crippen LogP contribution is -2.52. The molecule has 0 amide bonds. The van der Waals surface area contributed by atoms with Crippen molar-refractivity contribution < 1.29 is 4.74 Å². The smallest absolute Gasteiger partial charge is 0.160 e. The van der Waals surface area contributed by atoms with Crippen molar-refractivity contribution in [3.63, 3.8) is 0 Å². The zero-order valence-electron chi connectivity index (χ0n) is 8.77. The maximum Gasteiger partial charge on any atom is 0.160 e. The molecular weight excluding hydrogens is 228 g/mol. The van der Waals surface area contributed by atoms with Crippen LogP contribution >= 0.6 is 11.6 Å². The van der Waals surface area contributed by atoms with Crippen LogP contribution in [0.1, 0.15) is 0 Å². The van der Waals surface area contributed by atoms with E-state index in [2.05, 4.69) is 20.1 Å². The van der Waals surface area contributed by atoms with Gasteiger partial charge >= 0.3 is 0 Å². The Balaban J connectivity index is 1.94. The highest BCUT2D eigenvalue weighted by atomic mass is 35.5. The second-order valence-electron chi connectivity index (χ2n) is 3.86. The maximum absolute atomic E-state index is 5.81. The molecule has 2 aromatic rings. The molecule has 0 spiro atoms. The first-order chi connectivity index (χ1) is 7.78. The van der Waals surface area contributed by atoms with Gasteiger partial charge in [0.2, 0.25) is 0 Å². The largest absolute Gasteiger partial charge is 0.378 e. The van der Waals surface area contributed by atoms with E-state index in [9.17, 15) is 0 Å². The van der Waals surface area contributed by atoms with Gasteiger partial charge in [0, 0.05) is 32.5 Å². The predicted octanol–water partition coefficient (Wildman–Crippen LogP) is 1.45. The van der Waals surface area contributed by atoms with Crippen molar-refractivity contribution in [1.82, 2.24) is 15.2 Å². The third kappa shape index (κ3) is 1.44. The van der Waals surface area contributed by atoms with Crippen molar-refractivity contribution in [2.45, 2.75) is 6.10 Å². The Morgan fingerprint density at radius 3 is 3.12 bits per heavy atom. The second kappa shape index (κ2) is 3.61. The molecule has 3 rings (SSSR count). The number of anilines is 1. The van der Waals surface area contributed by atoms with E-state index >= 15 is 0 Å². The van der Waals surface area contributed by atoms with Crippen molar-refractivity contribution in [2.75, 3.05) is 25.1 Å². The number of ether oxygens (including phenoxy) is 1. The quantitative estimate of drug-likeness (QED) is 0.805. The van der Waals surface area contributed by atoms with Crippen LogP contribution in [0.2, 0.25) is 5.15 Å². The van der Waals surface area contributed by atoms with Crippen LogP contribution in [0.5, 0.6) is 0 Å². The summed E-state index contributed by atoms with van der Waals surface area (Å²) in [5, 5.41) is 8.70. The first-order valence-corrected chi connectivity index (χ1v) is 5.43. The molecule has 84 valence electrons. The lowest BCUT2D eigenvalue weighted by Gasteiger charge is -2.38. The summed E-state index contributed by atoms with van der Waals surface area (Å²) < 4.78 is 5.23. The summed E-state index contributed by atoms with van der Waals surface area (Å²) in [6.07, 6.45) is 2.06. The van der Waals surface area contributed by atoms with Crippen LogP contribution in [0.15, 0.2) is 12.3 Å². The molecule has 1 N–H and O–H groups in total. The van der Waals surface area contributed by atoms with Gasteiger partial charge in [-0.05, 0) is 0 Å². The number of fused-ring (bicyclic) bond motifs is 1. The number of methoxy groups -OCH3 is 1. The van der Waals surface area contributed by atoms with Crippen LogP contribution < -0.4 is 4.90 Å². The van der Waals surface area contributed by atoms with Gasteiger partial charge in [0.1, 0.15) is 5.15 Å². The molecule has 0 atom stereocenters. The molecular formula is C10H11ClN4O. The van der Waals surface area contributed by atoms with E-state index in [1.54, 1.807) is 19.4 Å². The van der Waals surface area contributed by atoms with E-state index in [0.717, 1.165) is 29.8 Å². The highest BCUT2D eigenvalue weighted by Gasteiger charge is 2.29. The van der Waals surface area contributed by atoms with Crippen LogP contribution in [-0.4, -0.2) is 41.5 Å². The summed E-state index contributed by atoms with van der Waals surface area (Å²) >= 11 is 5.81. The summed E-state index contributed by atoms with van der Waals surface area (Å²) in [4.78, 5) is 6.22. The Labute approximate surface area is 97.4 Å². The Kier molecular flexibility index (Phi) is 2.22. The van der Waals surface area contributed by atoms with E-state index in [1.807, 2.05) is 0 Å². The zero-order valence-corrected chi connectivity index (χ0v) is 9.53. The normalized spacial score (nSPS) is 16.8. The average Bonchev–Trinajstić information content (AvgIpc) is 2.60. The number of nitrogens with one attached hydrogen (secondary N) is 1. The number of H-pyrrole nitrogens is 1. The van der Waals surface area contributed by atoms with Gasteiger partial charge in [0.15, 0.2) is 5.82 Å². The van der Waals surface area contributed by atoms with E-state index < -0.39 is 0 Å². The standard InChI is InChI=1S/C10H11ClN4O/c1-16-6-4-15(5-6)10-7-3-12-9(11)2-8(7)13-14-10/h2-3,6H,4-5H2,1H3,(H,13,14). The summed E-state index contributed by atoms with van der Waals surface area (Å²) in [6, 6.07) is 1.78. The number of hydrogen-bond acceptors (Lipinski definition) is 4. The Morgan fingerprint density at radius 1 is 1.56 bits per heavy atom.